The molecule has 0 unspecified atom stereocenters. The van der Waals surface area contributed by atoms with Crippen LogP contribution in [0.1, 0.15) is 11.4 Å². The summed E-state index contributed by atoms with van der Waals surface area (Å²) in [6.07, 6.45) is 0.252. The Bertz CT molecular complexity index is 496. The van der Waals surface area contributed by atoms with Gasteiger partial charge in [0.1, 0.15) is 5.75 Å². The Morgan fingerprint density at radius 1 is 1.33 bits per heavy atom. The molecule has 18 heavy (non-hydrogen) atoms. The maximum atomic E-state index is 11.1. The van der Waals surface area contributed by atoms with Crippen molar-refractivity contribution >= 4 is 5.97 Å². The number of aromatic amines is 1. The maximum absolute atomic E-state index is 11.1. The van der Waals surface area contributed by atoms with Crippen molar-refractivity contribution in [3.63, 3.8) is 0 Å². The summed E-state index contributed by atoms with van der Waals surface area (Å²) < 4.78 is 10.0. The van der Waals surface area contributed by atoms with Crippen molar-refractivity contribution in [2.45, 2.75) is 13.0 Å². The fourth-order valence-corrected chi connectivity index (χ4v) is 1.33. The van der Waals surface area contributed by atoms with Gasteiger partial charge >= 0.3 is 5.97 Å². The highest BCUT2D eigenvalue weighted by molar-refractivity contribution is 5.72. The highest BCUT2D eigenvalue weighted by atomic mass is 16.5. The van der Waals surface area contributed by atoms with E-state index in [9.17, 15) is 4.79 Å². The molecule has 0 bridgehead atoms. The monoisotopic (exact) mass is 248 g/mol. The highest BCUT2D eigenvalue weighted by Crippen LogP contribution is 2.13. The lowest BCUT2D eigenvalue weighted by Gasteiger charge is -2.04. The largest absolute Gasteiger partial charge is 0.485 e. The predicted octanol–water partition coefficient (Wildman–Crippen LogP) is 0.494. The van der Waals surface area contributed by atoms with Gasteiger partial charge in [0.2, 0.25) is 5.82 Å². The Hall–Kier alpha value is -2.44. The third kappa shape index (κ3) is 3.27. The topological polar surface area (TPSA) is 90.0 Å². The molecule has 2 rings (SSSR count). The molecule has 7 nitrogen and oxygen atoms in total. The average molecular weight is 248 g/mol. The third-order valence-corrected chi connectivity index (χ3v) is 2.26. The summed E-state index contributed by atoms with van der Waals surface area (Å²) in [5, 5.41) is 13.3. The minimum Gasteiger partial charge on any atom is -0.485 e. The van der Waals surface area contributed by atoms with Crippen molar-refractivity contribution in [3.8, 4) is 5.75 Å². The molecule has 0 atom stereocenters. The second kappa shape index (κ2) is 5.76. The number of hydrogen-bond donors (Lipinski definition) is 1. The second-order valence-electron chi connectivity index (χ2n) is 3.51. The van der Waals surface area contributed by atoms with Gasteiger partial charge in [-0.1, -0.05) is 17.3 Å². The predicted molar refractivity (Wildman–Crippen MR) is 60.7 cm³/mol. The van der Waals surface area contributed by atoms with E-state index in [2.05, 4.69) is 25.4 Å². The first-order valence-corrected chi connectivity index (χ1v) is 5.29. The smallest absolute Gasteiger partial charge is 0.309 e. The molecule has 0 radical (unpaired) electrons. The van der Waals surface area contributed by atoms with E-state index in [1.807, 2.05) is 12.1 Å². The van der Waals surface area contributed by atoms with Gasteiger partial charge in [-0.15, -0.1) is 10.2 Å². The molecular weight excluding hydrogens is 236 g/mol. The maximum Gasteiger partial charge on any atom is 0.309 e. The first-order chi connectivity index (χ1) is 8.78. The SMILES string of the molecule is COC(=O)Cc1ccc(OCc2nn[nH]n2)cc1. The lowest BCUT2D eigenvalue weighted by Crippen LogP contribution is -2.04. The molecule has 1 aromatic heterocycles. The lowest BCUT2D eigenvalue weighted by molar-refractivity contribution is -0.139. The van der Waals surface area contributed by atoms with Crippen LogP contribution in [0.2, 0.25) is 0 Å². The standard InChI is InChI=1S/C11H12N4O3/c1-17-11(16)6-8-2-4-9(5-3-8)18-7-10-12-14-15-13-10/h2-5H,6-7H2,1H3,(H,12,13,14,15). The van der Waals surface area contributed by atoms with Crippen LogP contribution in [0.25, 0.3) is 0 Å². The molecule has 94 valence electrons. The number of carbonyl (C=O) groups is 1. The molecule has 1 aromatic carbocycles. The number of hydrogen-bond acceptors (Lipinski definition) is 6. The number of carbonyl (C=O) groups excluding carboxylic acids is 1. The Balaban J connectivity index is 1.89. The van der Waals surface area contributed by atoms with Crippen LogP contribution >= 0.6 is 0 Å². The zero-order valence-electron chi connectivity index (χ0n) is 9.79. The summed E-state index contributed by atoms with van der Waals surface area (Å²) in [5.74, 6) is 0.887. The number of nitrogens with one attached hydrogen (secondary N) is 1. The molecule has 0 aliphatic rings. The van der Waals surface area contributed by atoms with Crippen molar-refractivity contribution in [2.24, 2.45) is 0 Å². The fourth-order valence-electron chi connectivity index (χ4n) is 1.33. The zero-order chi connectivity index (χ0) is 12.8. The quantitative estimate of drug-likeness (QED) is 0.775. The van der Waals surface area contributed by atoms with Gasteiger partial charge in [-0.2, -0.15) is 5.21 Å². The minimum absolute atomic E-state index is 0.243. The van der Waals surface area contributed by atoms with Crippen LogP contribution in [0.3, 0.4) is 0 Å². The number of methoxy groups -OCH3 is 1. The van der Waals surface area contributed by atoms with E-state index in [-0.39, 0.29) is 19.0 Å². The van der Waals surface area contributed by atoms with Crippen LogP contribution in [0.4, 0.5) is 0 Å². The van der Waals surface area contributed by atoms with Crippen LogP contribution in [0.15, 0.2) is 24.3 Å². The molecule has 0 amide bonds. The molecule has 0 saturated carbocycles. The van der Waals surface area contributed by atoms with E-state index >= 15 is 0 Å². The van der Waals surface area contributed by atoms with E-state index in [0.717, 1.165) is 5.56 Å². The van der Waals surface area contributed by atoms with Crippen LogP contribution in [-0.2, 0) is 22.6 Å². The number of ether oxygens (including phenoxy) is 2. The Kier molecular flexibility index (Phi) is 3.85. The van der Waals surface area contributed by atoms with Gasteiger partial charge in [0.25, 0.3) is 0 Å². The van der Waals surface area contributed by atoms with Gasteiger partial charge in [0, 0.05) is 0 Å². The van der Waals surface area contributed by atoms with Gasteiger partial charge in [-0.25, -0.2) is 0 Å². The normalized spacial score (nSPS) is 10.1. The van der Waals surface area contributed by atoms with Crippen molar-refractivity contribution in [1.29, 1.82) is 0 Å². The van der Waals surface area contributed by atoms with Gasteiger partial charge < -0.3 is 9.47 Å². The number of esters is 1. The van der Waals surface area contributed by atoms with E-state index in [4.69, 9.17) is 4.74 Å². The molecule has 0 fully saturated rings. The Morgan fingerprint density at radius 3 is 2.72 bits per heavy atom. The number of tetrazole rings is 1. The van der Waals surface area contributed by atoms with Gasteiger partial charge in [-0.3, -0.25) is 4.79 Å². The highest BCUT2D eigenvalue weighted by Gasteiger charge is 2.03. The molecule has 0 saturated heterocycles. The summed E-state index contributed by atoms with van der Waals surface area (Å²) in [6.45, 7) is 0.243. The molecule has 2 aromatic rings. The van der Waals surface area contributed by atoms with Gasteiger partial charge in [0.05, 0.1) is 13.5 Å². The molecular formula is C11H12N4O3. The van der Waals surface area contributed by atoms with Crippen LogP contribution < -0.4 is 4.74 Å². The van der Waals surface area contributed by atoms with Gasteiger partial charge in [-0.05, 0) is 17.7 Å². The minimum atomic E-state index is -0.268. The van der Waals surface area contributed by atoms with Crippen molar-refractivity contribution in [1.82, 2.24) is 20.6 Å². The zero-order valence-corrected chi connectivity index (χ0v) is 9.79. The summed E-state index contributed by atoms with van der Waals surface area (Å²) in [5.41, 5.74) is 0.869. The first kappa shape index (κ1) is 12.0. The van der Waals surface area contributed by atoms with E-state index in [1.165, 1.54) is 7.11 Å². The molecule has 0 spiro atoms. The Morgan fingerprint density at radius 2 is 2.11 bits per heavy atom. The van der Waals surface area contributed by atoms with E-state index in [1.54, 1.807) is 12.1 Å². The number of benzene rings is 1. The first-order valence-electron chi connectivity index (χ1n) is 5.29. The lowest BCUT2D eigenvalue weighted by atomic mass is 10.1. The third-order valence-electron chi connectivity index (χ3n) is 2.26. The summed E-state index contributed by atoms with van der Waals surface area (Å²) >= 11 is 0. The van der Waals surface area contributed by atoms with Gasteiger partial charge in [0.15, 0.2) is 6.61 Å². The Labute approximate surface area is 103 Å². The number of H-pyrrole nitrogens is 1. The van der Waals surface area contributed by atoms with Crippen molar-refractivity contribution in [3.05, 3.63) is 35.7 Å². The van der Waals surface area contributed by atoms with Crippen LogP contribution in [-0.4, -0.2) is 33.7 Å². The summed E-state index contributed by atoms with van der Waals surface area (Å²) in [6, 6.07) is 7.17. The fraction of sp³-hybridized carbons (Fsp3) is 0.273. The second-order valence-corrected chi connectivity index (χ2v) is 3.51. The summed E-state index contributed by atoms with van der Waals surface area (Å²) in [7, 11) is 1.37. The van der Waals surface area contributed by atoms with Crippen molar-refractivity contribution < 1.29 is 14.3 Å². The number of nitrogens with zero attached hydrogens (tertiary/aromatic N) is 3. The summed E-state index contributed by atoms with van der Waals surface area (Å²) in [4.78, 5) is 11.1. The van der Waals surface area contributed by atoms with E-state index in [0.29, 0.717) is 11.6 Å². The molecule has 1 N–H and O–H groups in total. The molecule has 7 heteroatoms. The molecule has 0 aliphatic heterocycles. The van der Waals surface area contributed by atoms with Crippen LogP contribution in [0.5, 0.6) is 5.75 Å². The molecule has 0 aliphatic carbocycles. The van der Waals surface area contributed by atoms with Crippen molar-refractivity contribution in [2.75, 3.05) is 7.11 Å². The number of aromatic nitrogens is 4. The van der Waals surface area contributed by atoms with Crippen LogP contribution in [0, 0.1) is 0 Å². The number of rotatable bonds is 5. The average Bonchev–Trinajstić information content (AvgIpc) is 2.91. The van der Waals surface area contributed by atoms with E-state index < -0.39 is 0 Å². The molecule has 1 heterocycles.